The first kappa shape index (κ1) is 19.4. The summed E-state index contributed by atoms with van der Waals surface area (Å²) in [6, 6.07) is 7.57. The van der Waals surface area contributed by atoms with Gasteiger partial charge in [0.05, 0.1) is 5.92 Å². The van der Waals surface area contributed by atoms with Crippen LogP contribution in [-0.2, 0) is 23.2 Å². The van der Waals surface area contributed by atoms with Crippen molar-refractivity contribution < 1.29 is 4.79 Å². The minimum Gasteiger partial charge on any atom is -0.369 e. The van der Waals surface area contributed by atoms with Gasteiger partial charge < -0.3 is 5.73 Å². The van der Waals surface area contributed by atoms with Gasteiger partial charge >= 0.3 is 0 Å². The molecule has 1 aromatic carbocycles. The van der Waals surface area contributed by atoms with Crippen molar-refractivity contribution in [1.82, 2.24) is 4.90 Å². The monoisotopic (exact) mass is 378 g/mol. The highest BCUT2D eigenvalue weighted by molar-refractivity contribution is 5.81. The van der Waals surface area contributed by atoms with Crippen LogP contribution in [0.1, 0.15) is 63.1 Å². The molecular weight excluding hydrogens is 344 g/mol. The molecule has 2 atom stereocenters. The van der Waals surface area contributed by atoms with Crippen molar-refractivity contribution in [2.24, 2.45) is 17.1 Å². The zero-order valence-corrected chi connectivity index (χ0v) is 17.6. The van der Waals surface area contributed by atoms with Gasteiger partial charge in [-0.1, -0.05) is 63.3 Å². The minimum atomic E-state index is -0.359. The maximum Gasteiger partial charge on any atom is 0.225 e. The Bertz CT molecular complexity index is 812. The molecule has 1 aliphatic heterocycles. The highest BCUT2D eigenvalue weighted by atomic mass is 16.1. The number of rotatable bonds is 3. The molecule has 2 aliphatic carbocycles. The standard InChI is InChI=1S/C25H34N2O/c1-24(2)13-9-21(10-14-24)27-15-11-18-16-20(8-7-19(18)17-27)25(3)12-5-4-6-22(25)23(26)28/h4-8,12,16,21-22H,9-11,13-15,17H2,1-3H3,(H2,26,28). The van der Waals surface area contributed by atoms with E-state index in [0.717, 1.165) is 25.6 Å². The van der Waals surface area contributed by atoms with E-state index in [1.165, 1.54) is 42.4 Å². The maximum absolute atomic E-state index is 12.0. The summed E-state index contributed by atoms with van der Waals surface area (Å²) in [5.74, 6) is -0.548. The number of fused-ring (bicyclic) bond motifs is 1. The number of nitrogens with zero attached hydrogens (tertiary/aromatic N) is 1. The lowest BCUT2D eigenvalue weighted by Crippen LogP contribution is -2.43. The zero-order chi connectivity index (χ0) is 19.9. The van der Waals surface area contributed by atoms with Crippen LogP contribution in [0.25, 0.3) is 0 Å². The van der Waals surface area contributed by atoms with E-state index >= 15 is 0 Å². The first-order valence-corrected chi connectivity index (χ1v) is 10.8. The average molecular weight is 379 g/mol. The Kier molecular flexibility index (Phi) is 4.99. The Labute approximate surface area is 169 Å². The summed E-state index contributed by atoms with van der Waals surface area (Å²) >= 11 is 0. The third kappa shape index (κ3) is 3.57. The lowest BCUT2D eigenvalue weighted by Gasteiger charge is -2.42. The number of hydrogen-bond donors (Lipinski definition) is 1. The maximum atomic E-state index is 12.0. The van der Waals surface area contributed by atoms with E-state index < -0.39 is 0 Å². The largest absolute Gasteiger partial charge is 0.369 e. The second kappa shape index (κ2) is 7.18. The van der Waals surface area contributed by atoms with Gasteiger partial charge in [-0.3, -0.25) is 9.69 Å². The van der Waals surface area contributed by atoms with Gasteiger partial charge in [-0.15, -0.1) is 0 Å². The van der Waals surface area contributed by atoms with E-state index in [0.29, 0.717) is 5.41 Å². The van der Waals surface area contributed by atoms with Gasteiger partial charge in [-0.25, -0.2) is 0 Å². The first-order chi connectivity index (χ1) is 13.3. The molecular formula is C25H34N2O. The molecule has 1 fully saturated rings. The summed E-state index contributed by atoms with van der Waals surface area (Å²) in [5.41, 5.74) is 9.96. The van der Waals surface area contributed by atoms with Crippen LogP contribution in [0.4, 0.5) is 0 Å². The summed E-state index contributed by atoms with van der Waals surface area (Å²) in [5, 5.41) is 0. The number of amides is 1. The lowest BCUT2D eigenvalue weighted by molar-refractivity contribution is -0.121. The highest BCUT2D eigenvalue weighted by Gasteiger charge is 2.38. The van der Waals surface area contributed by atoms with E-state index in [1.54, 1.807) is 0 Å². The molecule has 2 N–H and O–H groups in total. The molecule has 28 heavy (non-hydrogen) atoms. The van der Waals surface area contributed by atoms with Crippen LogP contribution < -0.4 is 5.73 Å². The zero-order valence-electron chi connectivity index (χ0n) is 17.6. The molecule has 0 aromatic heterocycles. The summed E-state index contributed by atoms with van der Waals surface area (Å²) in [6.45, 7) is 9.15. The summed E-state index contributed by atoms with van der Waals surface area (Å²) < 4.78 is 0. The molecule has 1 heterocycles. The predicted octanol–water partition coefficient (Wildman–Crippen LogP) is 4.50. The van der Waals surface area contributed by atoms with Crippen LogP contribution in [0.3, 0.4) is 0 Å². The molecule has 2 unspecified atom stereocenters. The van der Waals surface area contributed by atoms with E-state index in [1.807, 2.05) is 18.2 Å². The fourth-order valence-corrected chi connectivity index (χ4v) is 5.37. The number of hydrogen-bond acceptors (Lipinski definition) is 2. The number of carbonyl (C=O) groups excluding carboxylic acids is 1. The Balaban J connectivity index is 1.53. The molecule has 3 aliphatic rings. The Morgan fingerprint density at radius 1 is 1.11 bits per heavy atom. The molecule has 0 saturated heterocycles. The van der Waals surface area contributed by atoms with Crippen LogP contribution in [0.5, 0.6) is 0 Å². The van der Waals surface area contributed by atoms with Crippen molar-refractivity contribution in [3.63, 3.8) is 0 Å². The molecule has 1 saturated carbocycles. The molecule has 0 radical (unpaired) electrons. The fourth-order valence-electron chi connectivity index (χ4n) is 5.37. The van der Waals surface area contributed by atoms with Crippen molar-refractivity contribution in [2.75, 3.05) is 6.54 Å². The van der Waals surface area contributed by atoms with E-state index in [9.17, 15) is 4.79 Å². The van der Waals surface area contributed by atoms with Gasteiger partial charge in [0.2, 0.25) is 5.91 Å². The van der Waals surface area contributed by atoms with E-state index in [-0.39, 0.29) is 17.2 Å². The van der Waals surface area contributed by atoms with Crippen molar-refractivity contribution in [3.8, 4) is 0 Å². The highest BCUT2D eigenvalue weighted by Crippen LogP contribution is 2.40. The van der Waals surface area contributed by atoms with Crippen LogP contribution in [0.15, 0.2) is 42.5 Å². The molecule has 3 heteroatoms. The Morgan fingerprint density at radius 2 is 1.86 bits per heavy atom. The minimum absolute atomic E-state index is 0.257. The molecule has 3 nitrogen and oxygen atoms in total. The van der Waals surface area contributed by atoms with Crippen LogP contribution >= 0.6 is 0 Å². The van der Waals surface area contributed by atoms with E-state index in [2.05, 4.69) is 49.9 Å². The molecule has 1 aromatic rings. The average Bonchev–Trinajstić information content (AvgIpc) is 2.67. The van der Waals surface area contributed by atoms with Gasteiger partial charge in [0.1, 0.15) is 0 Å². The topological polar surface area (TPSA) is 46.3 Å². The number of carbonyl (C=O) groups is 1. The third-order valence-electron chi connectivity index (χ3n) is 7.50. The number of benzene rings is 1. The summed E-state index contributed by atoms with van der Waals surface area (Å²) in [4.78, 5) is 14.7. The third-order valence-corrected chi connectivity index (χ3v) is 7.50. The molecule has 1 amide bonds. The van der Waals surface area contributed by atoms with Crippen molar-refractivity contribution in [2.45, 2.75) is 70.9 Å². The first-order valence-electron chi connectivity index (χ1n) is 10.8. The van der Waals surface area contributed by atoms with Crippen molar-refractivity contribution in [3.05, 3.63) is 59.2 Å². The van der Waals surface area contributed by atoms with E-state index in [4.69, 9.17) is 5.73 Å². The second-order valence-corrected chi connectivity index (χ2v) is 10.0. The molecule has 0 spiro atoms. The van der Waals surface area contributed by atoms with Crippen molar-refractivity contribution in [1.29, 1.82) is 0 Å². The van der Waals surface area contributed by atoms with Crippen LogP contribution in [0.2, 0.25) is 0 Å². The number of allylic oxidation sites excluding steroid dienone is 3. The normalized spacial score (nSPS) is 30.2. The molecule has 4 rings (SSSR count). The number of primary amides is 1. The van der Waals surface area contributed by atoms with Crippen molar-refractivity contribution >= 4 is 5.91 Å². The Hall–Kier alpha value is -1.87. The Morgan fingerprint density at radius 3 is 2.57 bits per heavy atom. The SMILES string of the molecule is CC1(C)CCC(N2CCc3cc(C4(C)C=CC=CC4C(N)=O)ccc3C2)CC1. The smallest absolute Gasteiger partial charge is 0.225 e. The molecule has 150 valence electrons. The second-order valence-electron chi connectivity index (χ2n) is 10.0. The lowest BCUT2D eigenvalue weighted by atomic mass is 9.68. The van der Waals surface area contributed by atoms with Gasteiger partial charge in [0, 0.05) is 24.5 Å². The fraction of sp³-hybridized carbons (Fsp3) is 0.560. The number of nitrogens with two attached hydrogens (primary N) is 1. The quantitative estimate of drug-likeness (QED) is 0.842. The van der Waals surface area contributed by atoms with Gasteiger partial charge in [0.15, 0.2) is 0 Å². The molecule has 0 bridgehead atoms. The van der Waals surface area contributed by atoms with Gasteiger partial charge in [0.25, 0.3) is 0 Å². The predicted molar refractivity (Wildman–Crippen MR) is 115 cm³/mol. The van der Waals surface area contributed by atoms with Gasteiger partial charge in [-0.05, 0) is 54.2 Å². The van der Waals surface area contributed by atoms with Crippen LogP contribution in [-0.4, -0.2) is 23.4 Å². The summed E-state index contributed by atoms with van der Waals surface area (Å²) in [6.07, 6.45) is 14.5. The van der Waals surface area contributed by atoms with Crippen LogP contribution in [0, 0.1) is 11.3 Å². The van der Waals surface area contributed by atoms with Gasteiger partial charge in [-0.2, -0.15) is 0 Å². The summed E-state index contributed by atoms with van der Waals surface area (Å²) in [7, 11) is 0.